The summed E-state index contributed by atoms with van der Waals surface area (Å²) in [5, 5.41) is 0. The van der Waals surface area contributed by atoms with E-state index in [9.17, 15) is 14.4 Å². The fourth-order valence-corrected chi connectivity index (χ4v) is 6.98. The molecule has 0 amide bonds. The first kappa shape index (κ1) is 58.9. The summed E-state index contributed by atoms with van der Waals surface area (Å²) in [7, 11) is 0. The van der Waals surface area contributed by atoms with Crippen molar-refractivity contribution >= 4 is 17.9 Å². The lowest BCUT2D eigenvalue weighted by Gasteiger charge is -2.18. The molecule has 0 aliphatic rings. The quantitative estimate of drug-likeness (QED) is 0.0262. The smallest absolute Gasteiger partial charge is 0.306 e. The highest BCUT2D eigenvalue weighted by Crippen LogP contribution is 2.14. The molecule has 0 aromatic heterocycles. The van der Waals surface area contributed by atoms with Crippen LogP contribution in [-0.2, 0) is 28.6 Å². The molecule has 0 saturated carbocycles. The second-order valence-electron chi connectivity index (χ2n) is 17.1. The average Bonchev–Trinajstić information content (AvgIpc) is 3.27. The van der Waals surface area contributed by atoms with Gasteiger partial charge in [0.2, 0.25) is 0 Å². The molecule has 0 rings (SSSR count). The lowest BCUT2D eigenvalue weighted by Crippen LogP contribution is -2.30. The van der Waals surface area contributed by atoms with E-state index in [1.807, 2.05) is 0 Å². The Labute approximate surface area is 382 Å². The number of rotatable bonds is 46. The molecule has 0 fully saturated rings. The first-order valence-corrected chi connectivity index (χ1v) is 25.9. The van der Waals surface area contributed by atoms with Crippen molar-refractivity contribution in [2.75, 3.05) is 13.2 Å². The first-order valence-electron chi connectivity index (χ1n) is 25.9. The molecule has 0 aliphatic carbocycles. The summed E-state index contributed by atoms with van der Waals surface area (Å²) in [5.74, 6) is -0.935. The molecule has 356 valence electrons. The first-order chi connectivity index (χ1) is 30.5. The normalized spacial score (nSPS) is 12.6. The third kappa shape index (κ3) is 47.9. The molecule has 0 N–H and O–H groups in total. The third-order valence-corrected chi connectivity index (χ3v) is 10.9. The van der Waals surface area contributed by atoms with Crippen molar-refractivity contribution in [2.24, 2.45) is 0 Å². The van der Waals surface area contributed by atoms with Gasteiger partial charge in [0, 0.05) is 19.3 Å². The Morgan fingerprint density at radius 3 is 0.935 bits per heavy atom. The van der Waals surface area contributed by atoms with Gasteiger partial charge in [0.1, 0.15) is 13.2 Å². The maximum Gasteiger partial charge on any atom is 0.306 e. The predicted octanol–water partition coefficient (Wildman–Crippen LogP) is 17.0. The minimum absolute atomic E-state index is 0.0909. The second kappa shape index (κ2) is 50.5. The summed E-state index contributed by atoms with van der Waals surface area (Å²) in [4.78, 5) is 37.9. The van der Waals surface area contributed by atoms with Gasteiger partial charge in [-0.25, -0.2) is 0 Å². The molecule has 0 aromatic rings. The van der Waals surface area contributed by atoms with Crippen LogP contribution >= 0.6 is 0 Å². The summed E-state index contributed by atoms with van der Waals surface area (Å²) in [6.07, 6.45) is 63.1. The summed E-state index contributed by atoms with van der Waals surface area (Å²) in [5.41, 5.74) is 0. The fourth-order valence-electron chi connectivity index (χ4n) is 6.98. The Bertz CT molecular complexity index is 1180. The topological polar surface area (TPSA) is 78.9 Å². The highest BCUT2D eigenvalue weighted by molar-refractivity contribution is 5.71. The Hall–Kier alpha value is -3.15. The van der Waals surface area contributed by atoms with E-state index in [2.05, 4.69) is 93.7 Å². The lowest BCUT2D eigenvalue weighted by atomic mass is 10.1. The van der Waals surface area contributed by atoms with Gasteiger partial charge in [0.15, 0.2) is 6.10 Å². The Morgan fingerprint density at radius 1 is 0.323 bits per heavy atom. The number of esters is 3. The van der Waals surface area contributed by atoms with Crippen molar-refractivity contribution in [3.63, 3.8) is 0 Å². The van der Waals surface area contributed by atoms with Gasteiger partial charge >= 0.3 is 17.9 Å². The van der Waals surface area contributed by atoms with Crippen LogP contribution in [0, 0.1) is 0 Å². The molecule has 6 nitrogen and oxygen atoms in total. The molecule has 0 aromatic carbocycles. The SMILES string of the molecule is CCCCC/C=C\C/C=C\C/C=C\CCCCCCC(=O)OC[C@@H](COC(=O)CCCCCCCCCCCC)OC(=O)CCCCCC/C=C\C/C=C\C/C=C\CCCCC. The summed E-state index contributed by atoms with van der Waals surface area (Å²) in [6, 6.07) is 0. The zero-order valence-electron chi connectivity index (χ0n) is 40.6. The molecule has 6 heteroatoms. The fraction of sp³-hybridized carbons (Fsp3) is 0.732. The van der Waals surface area contributed by atoms with Gasteiger partial charge in [-0.1, -0.05) is 203 Å². The zero-order valence-corrected chi connectivity index (χ0v) is 40.6. The van der Waals surface area contributed by atoms with E-state index in [1.54, 1.807) is 0 Å². The maximum atomic E-state index is 12.8. The number of hydrogen-bond donors (Lipinski definition) is 0. The predicted molar refractivity (Wildman–Crippen MR) is 265 cm³/mol. The van der Waals surface area contributed by atoms with Crippen molar-refractivity contribution in [3.8, 4) is 0 Å². The highest BCUT2D eigenvalue weighted by atomic mass is 16.6. The van der Waals surface area contributed by atoms with E-state index in [1.165, 1.54) is 96.3 Å². The van der Waals surface area contributed by atoms with Crippen LogP contribution in [0.4, 0.5) is 0 Å². The Balaban J connectivity index is 4.44. The summed E-state index contributed by atoms with van der Waals surface area (Å²) in [6.45, 7) is 6.53. The van der Waals surface area contributed by atoms with E-state index in [0.29, 0.717) is 19.3 Å². The zero-order chi connectivity index (χ0) is 45.1. The van der Waals surface area contributed by atoms with Crippen LogP contribution in [0.3, 0.4) is 0 Å². The Morgan fingerprint density at radius 2 is 0.581 bits per heavy atom. The van der Waals surface area contributed by atoms with Crippen LogP contribution in [0.1, 0.15) is 245 Å². The monoisotopic (exact) mass is 865 g/mol. The third-order valence-electron chi connectivity index (χ3n) is 10.9. The van der Waals surface area contributed by atoms with Crippen molar-refractivity contribution in [1.82, 2.24) is 0 Å². The molecular weight excluding hydrogens is 769 g/mol. The molecular formula is C56H96O6. The highest BCUT2D eigenvalue weighted by Gasteiger charge is 2.19. The molecule has 62 heavy (non-hydrogen) atoms. The molecule has 0 spiro atoms. The Kier molecular flexibility index (Phi) is 47.9. The van der Waals surface area contributed by atoms with Crippen LogP contribution < -0.4 is 0 Å². The van der Waals surface area contributed by atoms with Gasteiger partial charge in [0.05, 0.1) is 0 Å². The largest absolute Gasteiger partial charge is 0.462 e. The second-order valence-corrected chi connectivity index (χ2v) is 17.1. The van der Waals surface area contributed by atoms with E-state index < -0.39 is 6.10 Å². The van der Waals surface area contributed by atoms with Gasteiger partial charge in [-0.3, -0.25) is 14.4 Å². The lowest BCUT2D eigenvalue weighted by molar-refractivity contribution is -0.167. The van der Waals surface area contributed by atoms with Crippen LogP contribution in [-0.4, -0.2) is 37.2 Å². The number of ether oxygens (including phenoxy) is 3. The van der Waals surface area contributed by atoms with Gasteiger partial charge in [-0.2, -0.15) is 0 Å². The molecule has 0 unspecified atom stereocenters. The minimum Gasteiger partial charge on any atom is -0.462 e. The van der Waals surface area contributed by atoms with Gasteiger partial charge in [0.25, 0.3) is 0 Å². The number of unbranched alkanes of at least 4 members (excludes halogenated alkanes) is 23. The molecule has 1 atom stereocenters. The van der Waals surface area contributed by atoms with Crippen LogP contribution in [0.15, 0.2) is 72.9 Å². The van der Waals surface area contributed by atoms with Gasteiger partial charge < -0.3 is 14.2 Å². The van der Waals surface area contributed by atoms with Crippen molar-refractivity contribution in [2.45, 2.75) is 252 Å². The molecule has 0 radical (unpaired) electrons. The summed E-state index contributed by atoms with van der Waals surface area (Å²) >= 11 is 0. The number of hydrogen-bond acceptors (Lipinski definition) is 6. The van der Waals surface area contributed by atoms with E-state index >= 15 is 0 Å². The number of allylic oxidation sites excluding steroid dienone is 12. The van der Waals surface area contributed by atoms with Crippen LogP contribution in [0.2, 0.25) is 0 Å². The molecule has 0 saturated heterocycles. The number of carbonyl (C=O) groups is 3. The standard InChI is InChI=1S/C56H96O6/c1-4-7-10-13-16-19-22-24-26-28-30-32-34-37-40-43-46-49-55(58)61-52-53(51-60-54(57)48-45-42-39-36-21-18-15-12-9-6-3)62-56(59)50-47-44-41-38-35-33-31-29-27-25-23-20-17-14-11-8-5-2/h16-17,19-20,24-27,30-33,53H,4-15,18,21-23,28-29,34-52H2,1-3H3/b19-16-,20-17-,26-24-,27-25-,32-30-,33-31-/t53-/m1/s1. The maximum absolute atomic E-state index is 12.8. The molecule has 0 heterocycles. The molecule has 0 aliphatic heterocycles. The van der Waals surface area contributed by atoms with Crippen LogP contribution in [0.25, 0.3) is 0 Å². The van der Waals surface area contributed by atoms with Crippen molar-refractivity contribution in [1.29, 1.82) is 0 Å². The molecule has 0 bridgehead atoms. The van der Waals surface area contributed by atoms with Crippen molar-refractivity contribution in [3.05, 3.63) is 72.9 Å². The number of carbonyl (C=O) groups excluding carboxylic acids is 3. The summed E-state index contributed by atoms with van der Waals surface area (Å²) < 4.78 is 16.7. The van der Waals surface area contributed by atoms with E-state index in [0.717, 1.165) is 109 Å². The minimum atomic E-state index is -0.794. The van der Waals surface area contributed by atoms with E-state index in [-0.39, 0.29) is 31.1 Å². The van der Waals surface area contributed by atoms with Gasteiger partial charge in [-0.05, 0) is 96.3 Å². The van der Waals surface area contributed by atoms with Crippen LogP contribution in [0.5, 0.6) is 0 Å². The van der Waals surface area contributed by atoms with Crippen molar-refractivity contribution < 1.29 is 28.6 Å². The van der Waals surface area contributed by atoms with E-state index in [4.69, 9.17) is 14.2 Å². The van der Waals surface area contributed by atoms with Gasteiger partial charge in [-0.15, -0.1) is 0 Å². The average molecular weight is 865 g/mol.